The largest absolute Gasteiger partial charge is 0.472 e. The minimum atomic E-state index is -0.00353. The number of ether oxygens (including phenoxy) is 2. The number of amides is 1. The molecule has 1 unspecified atom stereocenters. The summed E-state index contributed by atoms with van der Waals surface area (Å²) in [6.45, 7) is 5.20. The molecule has 3 aliphatic rings. The first kappa shape index (κ1) is 22.9. The van der Waals surface area contributed by atoms with Crippen LogP contribution in [0.1, 0.15) is 57.6 Å². The molecule has 0 radical (unpaired) electrons. The summed E-state index contributed by atoms with van der Waals surface area (Å²) in [6, 6.07) is 4.61. The quantitative estimate of drug-likeness (QED) is 0.637. The maximum atomic E-state index is 12.6. The Morgan fingerprint density at radius 3 is 2.68 bits per heavy atom. The van der Waals surface area contributed by atoms with Crippen molar-refractivity contribution in [3.05, 3.63) is 17.8 Å². The fourth-order valence-electron chi connectivity index (χ4n) is 5.51. The lowest BCUT2D eigenvalue weighted by molar-refractivity contribution is -0.140. The van der Waals surface area contributed by atoms with Gasteiger partial charge < -0.3 is 24.6 Å². The SMILES string of the molecule is CCC(=O)N1[C@@H]2CCC[C@H]1CC(N(C)c1nc(Nc3cc(C)[nH]n3)cc(O[C@H]3CCOC3)n1)C2. The number of aromatic nitrogens is 4. The molecule has 184 valence electrons. The van der Waals surface area contributed by atoms with E-state index < -0.39 is 0 Å². The summed E-state index contributed by atoms with van der Waals surface area (Å²) in [6.07, 6.45) is 6.63. The molecule has 2 aromatic heterocycles. The second-order valence-electron chi connectivity index (χ2n) is 9.69. The summed E-state index contributed by atoms with van der Waals surface area (Å²) >= 11 is 0. The highest BCUT2D eigenvalue weighted by Crippen LogP contribution is 2.37. The topological polar surface area (TPSA) is 109 Å². The molecule has 2 aromatic rings. The van der Waals surface area contributed by atoms with Crippen LogP contribution in [0.15, 0.2) is 12.1 Å². The predicted octanol–water partition coefficient (Wildman–Crippen LogP) is 3.18. The number of anilines is 3. The molecule has 1 amide bonds. The number of hydrogen-bond donors (Lipinski definition) is 2. The van der Waals surface area contributed by atoms with Gasteiger partial charge >= 0.3 is 0 Å². The van der Waals surface area contributed by atoms with Crippen LogP contribution in [-0.4, -0.2) is 75.5 Å². The Balaban J connectivity index is 1.38. The van der Waals surface area contributed by atoms with Gasteiger partial charge in [-0.3, -0.25) is 9.89 Å². The standard InChI is InChI=1S/C24H35N7O3/c1-4-23(32)31-16-6-5-7-17(31)12-18(11-16)30(3)24-26-20(25-21-10-15(2)28-29-21)13-22(27-24)34-19-8-9-33-14-19/h10,13,16-19H,4-9,11-12,14H2,1-3H3,(H2,25,26,27,28,29)/t16-,17+,18?,19-/m0/s1. The van der Waals surface area contributed by atoms with Crippen molar-refractivity contribution >= 4 is 23.5 Å². The van der Waals surface area contributed by atoms with Crippen molar-refractivity contribution in [2.24, 2.45) is 0 Å². The monoisotopic (exact) mass is 469 g/mol. The number of aromatic amines is 1. The van der Waals surface area contributed by atoms with Gasteiger partial charge in [-0.25, -0.2) is 0 Å². The minimum absolute atomic E-state index is 0.00353. The molecule has 10 nitrogen and oxygen atoms in total. The third-order valence-electron chi connectivity index (χ3n) is 7.23. The van der Waals surface area contributed by atoms with Crippen molar-refractivity contribution in [3.8, 4) is 5.88 Å². The Bertz CT molecular complexity index is 992. The van der Waals surface area contributed by atoms with E-state index in [1.165, 1.54) is 6.42 Å². The summed E-state index contributed by atoms with van der Waals surface area (Å²) in [7, 11) is 2.05. The third kappa shape index (κ3) is 4.82. The highest BCUT2D eigenvalue weighted by atomic mass is 16.5. The maximum absolute atomic E-state index is 12.6. The van der Waals surface area contributed by atoms with Gasteiger partial charge in [-0.05, 0) is 39.0 Å². The maximum Gasteiger partial charge on any atom is 0.230 e. The van der Waals surface area contributed by atoms with E-state index >= 15 is 0 Å². The minimum Gasteiger partial charge on any atom is -0.472 e. The molecule has 2 N–H and O–H groups in total. The Morgan fingerprint density at radius 2 is 2.03 bits per heavy atom. The van der Waals surface area contributed by atoms with E-state index in [-0.39, 0.29) is 18.1 Å². The Morgan fingerprint density at radius 1 is 1.24 bits per heavy atom. The normalized spacial score (nSPS) is 26.4. The molecule has 4 atom stereocenters. The number of fused-ring (bicyclic) bond motifs is 2. The smallest absolute Gasteiger partial charge is 0.230 e. The molecule has 0 spiro atoms. The number of piperidine rings is 2. The van der Waals surface area contributed by atoms with Gasteiger partial charge in [0.2, 0.25) is 17.7 Å². The highest BCUT2D eigenvalue weighted by molar-refractivity contribution is 5.77. The average molecular weight is 470 g/mol. The second-order valence-corrected chi connectivity index (χ2v) is 9.69. The molecule has 2 bridgehead atoms. The van der Waals surface area contributed by atoms with Crippen molar-refractivity contribution in [2.45, 2.75) is 83.0 Å². The summed E-state index contributed by atoms with van der Waals surface area (Å²) in [5, 5.41) is 10.5. The summed E-state index contributed by atoms with van der Waals surface area (Å²) in [4.78, 5) is 26.5. The molecular formula is C24H35N7O3. The van der Waals surface area contributed by atoms with E-state index in [0.29, 0.717) is 55.2 Å². The molecule has 0 aliphatic carbocycles. The number of aryl methyl sites for hydroxylation is 1. The fraction of sp³-hybridized carbons (Fsp3) is 0.667. The van der Waals surface area contributed by atoms with E-state index in [1.54, 1.807) is 0 Å². The Hall–Kier alpha value is -2.88. The van der Waals surface area contributed by atoms with Crippen LogP contribution in [0.3, 0.4) is 0 Å². The molecule has 0 saturated carbocycles. The van der Waals surface area contributed by atoms with E-state index in [9.17, 15) is 4.79 Å². The van der Waals surface area contributed by atoms with Crippen LogP contribution in [-0.2, 0) is 9.53 Å². The van der Waals surface area contributed by atoms with Gasteiger partial charge in [0.25, 0.3) is 0 Å². The van der Waals surface area contributed by atoms with E-state index in [0.717, 1.165) is 37.8 Å². The number of H-pyrrole nitrogens is 1. The zero-order chi connectivity index (χ0) is 23.7. The molecule has 10 heteroatoms. The van der Waals surface area contributed by atoms with E-state index in [4.69, 9.17) is 19.4 Å². The van der Waals surface area contributed by atoms with Gasteiger partial charge in [0.05, 0.1) is 13.2 Å². The molecule has 3 saturated heterocycles. The lowest BCUT2D eigenvalue weighted by Crippen LogP contribution is -2.58. The molecule has 3 fully saturated rings. The molecule has 3 aliphatic heterocycles. The van der Waals surface area contributed by atoms with Crippen molar-refractivity contribution < 1.29 is 14.3 Å². The number of carbonyl (C=O) groups excluding carboxylic acids is 1. The number of rotatable bonds is 7. The van der Waals surface area contributed by atoms with Crippen molar-refractivity contribution in [1.82, 2.24) is 25.1 Å². The second kappa shape index (κ2) is 9.77. The first-order valence-electron chi connectivity index (χ1n) is 12.5. The van der Waals surface area contributed by atoms with Crippen molar-refractivity contribution in [3.63, 3.8) is 0 Å². The molecular weight excluding hydrogens is 434 g/mol. The van der Waals surface area contributed by atoms with Crippen molar-refractivity contribution in [2.75, 3.05) is 30.5 Å². The summed E-state index contributed by atoms with van der Waals surface area (Å²) in [5.74, 6) is 2.75. The van der Waals surface area contributed by atoms with E-state index in [1.807, 2.05) is 26.0 Å². The van der Waals surface area contributed by atoms with Crippen LogP contribution in [0.25, 0.3) is 0 Å². The number of nitrogens with one attached hydrogen (secondary N) is 2. The van der Waals surface area contributed by atoms with E-state index in [2.05, 4.69) is 32.4 Å². The van der Waals surface area contributed by atoms with Crippen LogP contribution in [0, 0.1) is 6.92 Å². The Kier molecular flexibility index (Phi) is 6.58. The number of hydrogen-bond acceptors (Lipinski definition) is 8. The number of carbonyl (C=O) groups is 1. The highest BCUT2D eigenvalue weighted by Gasteiger charge is 2.41. The zero-order valence-corrected chi connectivity index (χ0v) is 20.3. The van der Waals surface area contributed by atoms with Crippen LogP contribution >= 0.6 is 0 Å². The molecule has 5 heterocycles. The first-order valence-corrected chi connectivity index (χ1v) is 12.5. The Labute approximate surface area is 200 Å². The lowest BCUT2D eigenvalue weighted by Gasteiger charge is -2.50. The van der Waals surface area contributed by atoms with Gasteiger partial charge in [-0.15, -0.1) is 0 Å². The molecule has 5 rings (SSSR count). The summed E-state index contributed by atoms with van der Waals surface area (Å²) in [5.41, 5.74) is 0.966. The van der Waals surface area contributed by atoms with Gasteiger partial charge in [-0.1, -0.05) is 6.92 Å². The van der Waals surface area contributed by atoms with Crippen LogP contribution in [0.2, 0.25) is 0 Å². The average Bonchev–Trinajstić information content (AvgIpc) is 3.48. The predicted molar refractivity (Wildman–Crippen MR) is 128 cm³/mol. The summed E-state index contributed by atoms with van der Waals surface area (Å²) < 4.78 is 11.6. The van der Waals surface area contributed by atoms with Crippen molar-refractivity contribution in [1.29, 1.82) is 0 Å². The first-order chi connectivity index (χ1) is 16.5. The van der Waals surface area contributed by atoms with Gasteiger partial charge in [-0.2, -0.15) is 15.1 Å². The third-order valence-corrected chi connectivity index (χ3v) is 7.23. The van der Waals surface area contributed by atoms with Crippen LogP contribution in [0.4, 0.5) is 17.6 Å². The number of nitrogens with zero attached hydrogens (tertiary/aromatic N) is 5. The van der Waals surface area contributed by atoms with Gasteiger partial charge in [0.1, 0.15) is 11.9 Å². The molecule has 0 aromatic carbocycles. The van der Waals surface area contributed by atoms with Gasteiger partial charge in [0.15, 0.2) is 5.82 Å². The fourth-order valence-corrected chi connectivity index (χ4v) is 5.51. The van der Waals surface area contributed by atoms with Gasteiger partial charge in [0, 0.05) is 55.8 Å². The van der Waals surface area contributed by atoms with Crippen LogP contribution < -0.4 is 15.0 Å². The molecule has 34 heavy (non-hydrogen) atoms. The van der Waals surface area contributed by atoms with Crippen LogP contribution in [0.5, 0.6) is 5.88 Å². The lowest BCUT2D eigenvalue weighted by atomic mass is 9.81. The zero-order valence-electron chi connectivity index (χ0n) is 20.3.